The van der Waals surface area contributed by atoms with Gasteiger partial charge in [-0.3, -0.25) is 0 Å². The maximum absolute atomic E-state index is 9.75. The molecule has 0 heterocycles. The summed E-state index contributed by atoms with van der Waals surface area (Å²) in [5.74, 6) is -0.914. The molecule has 0 saturated heterocycles. The van der Waals surface area contributed by atoms with E-state index >= 15 is 0 Å². The molecule has 0 amide bonds. The molecule has 0 unspecified atom stereocenters. The van der Waals surface area contributed by atoms with Crippen LogP contribution < -0.4 is 18.9 Å². The zero-order valence-electron chi connectivity index (χ0n) is 6.66. The molecule has 46 valence electrons. The molecule has 9 heavy (non-hydrogen) atoms. The molecule has 0 aromatic carbocycles. The number of carboxylic acid groups (broad SMARTS) is 1. The van der Waals surface area contributed by atoms with Crippen molar-refractivity contribution in [1.82, 2.24) is 0 Å². The molecule has 0 atom stereocenters. The topological polar surface area (TPSA) is 37.3 Å². The van der Waals surface area contributed by atoms with Crippen LogP contribution >= 0.6 is 0 Å². The molecular formula is C6H9LiO2. The fraction of sp³-hybridized carbons (Fsp3) is 0.167. The molecule has 0 radical (unpaired) electrons. The maximum atomic E-state index is 9.75. The third-order valence-corrected chi connectivity index (χ3v) is 0.542. The van der Waals surface area contributed by atoms with E-state index in [2.05, 4.69) is 0 Å². The normalized spacial score (nSPS) is 9.89. The third-order valence-electron chi connectivity index (χ3n) is 0.542. The van der Waals surface area contributed by atoms with Crippen LogP contribution in [0.3, 0.4) is 0 Å². The van der Waals surface area contributed by atoms with Gasteiger partial charge in [0.25, 0.3) is 0 Å². The minimum Gasteiger partial charge on any atom is -1.00 e. The average molecular weight is 120 g/mol. The van der Waals surface area contributed by atoms with Crippen LogP contribution in [0.2, 0.25) is 0 Å². The van der Waals surface area contributed by atoms with Gasteiger partial charge < -0.3 is 6.53 Å². The summed E-state index contributed by atoms with van der Waals surface area (Å²) in [6, 6.07) is 0. The Morgan fingerprint density at radius 2 is 2.11 bits per heavy atom. The number of carbonyl (C=O) groups is 1. The van der Waals surface area contributed by atoms with E-state index in [1.54, 1.807) is 12.2 Å². The van der Waals surface area contributed by atoms with Crippen molar-refractivity contribution in [3.05, 3.63) is 24.3 Å². The van der Waals surface area contributed by atoms with Crippen molar-refractivity contribution >= 4 is 5.97 Å². The first-order chi connectivity index (χ1) is 3.77. The molecule has 0 saturated carbocycles. The van der Waals surface area contributed by atoms with Gasteiger partial charge >= 0.3 is 24.8 Å². The van der Waals surface area contributed by atoms with Gasteiger partial charge in [-0.05, 0) is 6.92 Å². The second-order valence-corrected chi connectivity index (χ2v) is 1.22. The largest absolute Gasteiger partial charge is 1.00 e. The predicted molar refractivity (Wildman–Crippen MR) is 32.7 cm³/mol. The van der Waals surface area contributed by atoms with Crippen LogP contribution in [-0.2, 0) is 4.79 Å². The van der Waals surface area contributed by atoms with Gasteiger partial charge in [0.15, 0.2) is 0 Å². The van der Waals surface area contributed by atoms with Crippen LogP contribution in [-0.4, -0.2) is 11.1 Å². The Hall–Kier alpha value is -0.453. The number of aliphatic carboxylic acids is 1. The Bertz CT molecular complexity index is 132. The van der Waals surface area contributed by atoms with Gasteiger partial charge in [0.05, 0.1) is 0 Å². The van der Waals surface area contributed by atoms with Crippen LogP contribution in [0, 0.1) is 0 Å². The van der Waals surface area contributed by atoms with E-state index in [9.17, 15) is 4.79 Å². The first kappa shape index (κ1) is 11.4. The van der Waals surface area contributed by atoms with Gasteiger partial charge in [-0.2, -0.15) is 0 Å². The van der Waals surface area contributed by atoms with Gasteiger partial charge in [-0.1, -0.05) is 18.2 Å². The zero-order valence-corrected chi connectivity index (χ0v) is 5.66. The Kier molecular flexibility index (Phi) is 9.52. The SMILES string of the molecule is C/C=C/C=C/C(=O)O.[H-].[Li+]. The van der Waals surface area contributed by atoms with Crippen LogP contribution in [0.1, 0.15) is 8.35 Å². The van der Waals surface area contributed by atoms with E-state index in [4.69, 9.17) is 5.11 Å². The number of hydrogen-bond donors (Lipinski definition) is 1. The van der Waals surface area contributed by atoms with Crippen molar-refractivity contribution in [2.75, 3.05) is 0 Å². The number of carboxylic acids is 1. The Balaban J connectivity index is -0.000000245. The van der Waals surface area contributed by atoms with Crippen LogP contribution in [0.5, 0.6) is 0 Å². The van der Waals surface area contributed by atoms with Crippen molar-refractivity contribution in [3.63, 3.8) is 0 Å². The fourth-order valence-corrected chi connectivity index (χ4v) is 0.249. The molecule has 0 bridgehead atoms. The molecule has 0 aliphatic heterocycles. The molecule has 0 aromatic heterocycles. The number of hydrogen-bond acceptors (Lipinski definition) is 1. The Morgan fingerprint density at radius 1 is 1.56 bits per heavy atom. The molecule has 0 aromatic rings. The number of allylic oxidation sites excluding steroid dienone is 3. The van der Waals surface area contributed by atoms with E-state index in [0.717, 1.165) is 6.08 Å². The minimum atomic E-state index is -0.914. The average Bonchev–Trinajstić information content (AvgIpc) is 1.66. The quantitative estimate of drug-likeness (QED) is 0.268. The summed E-state index contributed by atoms with van der Waals surface area (Å²) < 4.78 is 0. The number of rotatable bonds is 2. The second-order valence-electron chi connectivity index (χ2n) is 1.22. The van der Waals surface area contributed by atoms with E-state index in [1.165, 1.54) is 6.08 Å². The van der Waals surface area contributed by atoms with E-state index < -0.39 is 5.97 Å². The molecule has 2 nitrogen and oxygen atoms in total. The summed E-state index contributed by atoms with van der Waals surface area (Å²) in [5.41, 5.74) is 0. The first-order valence-corrected chi connectivity index (χ1v) is 2.29. The van der Waals surface area contributed by atoms with Crippen molar-refractivity contribution < 1.29 is 30.2 Å². The van der Waals surface area contributed by atoms with Crippen molar-refractivity contribution in [2.45, 2.75) is 6.92 Å². The molecule has 0 spiro atoms. The van der Waals surface area contributed by atoms with Gasteiger partial charge in [-0.15, -0.1) is 0 Å². The minimum absolute atomic E-state index is 0. The van der Waals surface area contributed by atoms with E-state index in [-0.39, 0.29) is 20.3 Å². The summed E-state index contributed by atoms with van der Waals surface area (Å²) in [6.45, 7) is 1.83. The second kappa shape index (κ2) is 7.55. The standard InChI is InChI=1S/C6H8O2.Li.H/c1-2-3-4-5-6(7)8;;/h2-5H,1H3,(H,7,8);;/q;+1;-1/b3-2+,5-4+;;. The predicted octanol–water partition coefficient (Wildman–Crippen LogP) is -1.68. The first-order valence-electron chi connectivity index (χ1n) is 2.29. The van der Waals surface area contributed by atoms with Gasteiger partial charge in [0.2, 0.25) is 0 Å². The fourth-order valence-electron chi connectivity index (χ4n) is 0.249. The van der Waals surface area contributed by atoms with Crippen LogP contribution in [0.4, 0.5) is 0 Å². The molecule has 0 aliphatic carbocycles. The summed E-state index contributed by atoms with van der Waals surface area (Å²) in [7, 11) is 0. The van der Waals surface area contributed by atoms with Gasteiger partial charge in [-0.25, -0.2) is 4.79 Å². The van der Waals surface area contributed by atoms with Crippen molar-refractivity contribution in [2.24, 2.45) is 0 Å². The smallest absolute Gasteiger partial charge is 1.00 e. The third kappa shape index (κ3) is 11.2. The molecule has 0 aliphatic rings. The molecule has 0 fully saturated rings. The molecular weight excluding hydrogens is 111 g/mol. The Morgan fingerprint density at radius 3 is 2.44 bits per heavy atom. The summed E-state index contributed by atoms with van der Waals surface area (Å²) in [4.78, 5) is 9.75. The van der Waals surface area contributed by atoms with Crippen molar-refractivity contribution in [1.29, 1.82) is 0 Å². The van der Waals surface area contributed by atoms with Crippen LogP contribution in [0.25, 0.3) is 0 Å². The maximum Gasteiger partial charge on any atom is 1.00 e. The summed E-state index contributed by atoms with van der Waals surface area (Å²) in [5, 5.41) is 8.02. The van der Waals surface area contributed by atoms with Crippen molar-refractivity contribution in [3.8, 4) is 0 Å². The Labute approximate surface area is 67.9 Å². The summed E-state index contributed by atoms with van der Waals surface area (Å²) >= 11 is 0. The van der Waals surface area contributed by atoms with Crippen LogP contribution in [0.15, 0.2) is 24.3 Å². The summed E-state index contributed by atoms with van der Waals surface area (Å²) in [6.07, 6.45) is 5.98. The van der Waals surface area contributed by atoms with E-state index in [0.29, 0.717) is 0 Å². The van der Waals surface area contributed by atoms with Gasteiger partial charge in [0, 0.05) is 6.08 Å². The molecule has 1 N–H and O–H groups in total. The molecule has 0 rings (SSSR count). The molecule has 3 heteroatoms. The zero-order chi connectivity index (χ0) is 6.41. The monoisotopic (exact) mass is 120 g/mol. The van der Waals surface area contributed by atoms with E-state index in [1.807, 2.05) is 6.92 Å². The van der Waals surface area contributed by atoms with Gasteiger partial charge in [0.1, 0.15) is 0 Å².